The van der Waals surface area contributed by atoms with Crippen molar-refractivity contribution >= 4 is 28.5 Å². The Morgan fingerprint density at radius 3 is 2.45 bits per heavy atom. The summed E-state index contributed by atoms with van der Waals surface area (Å²) >= 11 is 6.03. The molecule has 0 unspecified atom stereocenters. The van der Waals surface area contributed by atoms with E-state index in [0.717, 1.165) is 19.3 Å². The minimum Gasteiger partial charge on any atom is -0.337 e. The van der Waals surface area contributed by atoms with Crippen molar-refractivity contribution < 1.29 is 4.79 Å². The highest BCUT2D eigenvalue weighted by molar-refractivity contribution is 6.30. The molecule has 2 aromatic heterocycles. The monoisotopic (exact) mass is 461 g/mol. The van der Waals surface area contributed by atoms with Gasteiger partial charge in [0.2, 0.25) is 0 Å². The third-order valence-electron chi connectivity index (χ3n) is 6.29. The molecule has 1 fully saturated rings. The molecule has 0 atom stereocenters. The molecule has 1 aliphatic rings. The normalized spacial score (nSPS) is 14.7. The molecule has 7 nitrogen and oxygen atoms in total. The van der Waals surface area contributed by atoms with Crippen LogP contribution in [0.4, 0.5) is 0 Å². The van der Waals surface area contributed by atoms with Gasteiger partial charge in [-0.1, -0.05) is 41.9 Å². The van der Waals surface area contributed by atoms with Crippen LogP contribution in [0, 0.1) is 5.92 Å². The Bertz CT molecular complexity index is 1350. The van der Waals surface area contributed by atoms with Crippen LogP contribution in [-0.2, 0) is 13.5 Å². The predicted molar refractivity (Wildman–Crippen MR) is 128 cm³/mol. The molecule has 1 amide bonds. The Labute approximate surface area is 196 Å². The number of aryl methyl sites for hydroxylation is 1. The summed E-state index contributed by atoms with van der Waals surface area (Å²) in [6.45, 7) is 1.33. The van der Waals surface area contributed by atoms with E-state index in [1.807, 2.05) is 11.0 Å². The van der Waals surface area contributed by atoms with Crippen molar-refractivity contribution in [3.63, 3.8) is 0 Å². The van der Waals surface area contributed by atoms with Crippen LogP contribution in [0.2, 0.25) is 5.02 Å². The van der Waals surface area contributed by atoms with Gasteiger partial charge >= 0.3 is 0 Å². The fraction of sp³-hybridized carbons (Fsp3) is 0.280. The lowest BCUT2D eigenvalue weighted by Crippen LogP contribution is -2.39. The number of hydrogen-bond acceptors (Lipinski definition) is 4. The number of amides is 1. The molecular weight excluding hydrogens is 438 g/mol. The van der Waals surface area contributed by atoms with Crippen molar-refractivity contribution in [3.05, 3.63) is 87.6 Å². The molecule has 33 heavy (non-hydrogen) atoms. The van der Waals surface area contributed by atoms with Gasteiger partial charge in [0.05, 0.1) is 12.0 Å². The number of carbonyl (C=O) groups excluding carboxylic acids is 1. The number of rotatable bonds is 4. The van der Waals surface area contributed by atoms with Crippen molar-refractivity contribution in [3.8, 4) is 5.69 Å². The summed E-state index contributed by atoms with van der Waals surface area (Å²) < 4.78 is 2.89. The first-order valence-corrected chi connectivity index (χ1v) is 11.4. The first-order chi connectivity index (χ1) is 16.0. The number of hydrogen-bond donors (Lipinski definition) is 0. The van der Waals surface area contributed by atoms with Crippen molar-refractivity contribution in [2.24, 2.45) is 13.0 Å². The predicted octanol–water partition coefficient (Wildman–Crippen LogP) is 3.87. The highest BCUT2D eigenvalue weighted by Gasteiger charge is 2.29. The second-order valence-corrected chi connectivity index (χ2v) is 8.96. The zero-order valence-electron chi connectivity index (χ0n) is 18.3. The van der Waals surface area contributed by atoms with Gasteiger partial charge in [-0.2, -0.15) is 5.10 Å². The van der Waals surface area contributed by atoms with Crippen LogP contribution in [0.25, 0.3) is 16.7 Å². The average Bonchev–Trinajstić information content (AvgIpc) is 3.23. The van der Waals surface area contributed by atoms with Crippen LogP contribution in [0.15, 0.2) is 65.7 Å². The van der Waals surface area contributed by atoms with E-state index >= 15 is 0 Å². The van der Waals surface area contributed by atoms with E-state index in [1.54, 1.807) is 31.3 Å². The smallest absolute Gasteiger partial charge is 0.279 e. The number of nitrogens with zero attached hydrogens (tertiary/aromatic N) is 5. The minimum atomic E-state index is -0.261. The van der Waals surface area contributed by atoms with Crippen LogP contribution < -0.4 is 5.56 Å². The molecule has 0 aliphatic carbocycles. The second kappa shape index (κ2) is 8.83. The van der Waals surface area contributed by atoms with Gasteiger partial charge in [-0.25, -0.2) is 9.67 Å². The average molecular weight is 462 g/mol. The fourth-order valence-electron chi connectivity index (χ4n) is 4.44. The lowest BCUT2D eigenvalue weighted by molar-refractivity contribution is 0.0686. The molecule has 5 rings (SSSR count). The molecule has 3 heterocycles. The number of piperidine rings is 1. The maximum atomic E-state index is 13.5. The summed E-state index contributed by atoms with van der Waals surface area (Å²) in [5.74, 6) is 0.358. The summed E-state index contributed by atoms with van der Waals surface area (Å²) in [5.41, 5.74) is 2.53. The first-order valence-electron chi connectivity index (χ1n) is 11.0. The highest BCUT2D eigenvalue weighted by atomic mass is 35.5. The molecule has 4 aromatic rings. The number of fused-ring (bicyclic) bond motifs is 1. The molecule has 1 saturated heterocycles. The van der Waals surface area contributed by atoms with Gasteiger partial charge in [0, 0.05) is 25.2 Å². The van der Waals surface area contributed by atoms with E-state index in [2.05, 4.69) is 34.3 Å². The lowest BCUT2D eigenvalue weighted by atomic mass is 9.90. The van der Waals surface area contributed by atoms with E-state index < -0.39 is 0 Å². The molecule has 0 saturated carbocycles. The zero-order valence-corrected chi connectivity index (χ0v) is 19.1. The SMILES string of the molecule is Cn1cnc2c(C(=O)N3CCC(Cc4ccccc4)CC3)nn(-c3ccc(Cl)cc3)c2c1=O. The standard InChI is InChI=1S/C25H24ClN5O2/c1-29-16-27-21-22(28-31(23(21)25(29)33)20-9-7-19(26)8-10-20)24(32)30-13-11-18(12-14-30)15-17-5-3-2-4-6-17/h2-10,16,18H,11-15H2,1H3. The van der Waals surface area contributed by atoms with Crippen LogP contribution in [0.5, 0.6) is 0 Å². The van der Waals surface area contributed by atoms with Gasteiger partial charge in [-0.15, -0.1) is 0 Å². The number of aromatic nitrogens is 4. The quantitative estimate of drug-likeness (QED) is 0.462. The largest absolute Gasteiger partial charge is 0.337 e. The molecular formula is C25H24ClN5O2. The van der Waals surface area contributed by atoms with Crippen molar-refractivity contribution in [2.75, 3.05) is 13.1 Å². The Morgan fingerprint density at radius 2 is 1.76 bits per heavy atom. The molecule has 0 N–H and O–H groups in total. The van der Waals surface area contributed by atoms with Gasteiger partial charge in [0.15, 0.2) is 11.2 Å². The summed E-state index contributed by atoms with van der Waals surface area (Å²) in [7, 11) is 1.63. The molecule has 1 aliphatic heterocycles. The molecule has 168 valence electrons. The first kappa shape index (κ1) is 21.4. The van der Waals surface area contributed by atoms with Crippen LogP contribution in [0.3, 0.4) is 0 Å². The van der Waals surface area contributed by atoms with Gasteiger partial charge in [0.1, 0.15) is 5.52 Å². The second-order valence-electron chi connectivity index (χ2n) is 8.52. The van der Waals surface area contributed by atoms with E-state index in [4.69, 9.17) is 11.6 Å². The summed E-state index contributed by atoms with van der Waals surface area (Å²) in [6, 6.07) is 17.4. The molecule has 8 heteroatoms. The van der Waals surface area contributed by atoms with Crippen molar-refractivity contribution in [1.82, 2.24) is 24.2 Å². The number of carbonyl (C=O) groups is 1. The van der Waals surface area contributed by atoms with Crippen LogP contribution in [-0.4, -0.2) is 43.2 Å². The van der Waals surface area contributed by atoms with Gasteiger partial charge in [-0.05, 0) is 55.0 Å². The number of benzene rings is 2. The fourth-order valence-corrected chi connectivity index (χ4v) is 4.56. The van der Waals surface area contributed by atoms with Gasteiger partial charge in [-0.3, -0.25) is 9.59 Å². The molecule has 0 radical (unpaired) electrons. The van der Waals surface area contributed by atoms with E-state index in [0.29, 0.717) is 35.2 Å². The van der Waals surface area contributed by atoms with Crippen molar-refractivity contribution in [2.45, 2.75) is 19.3 Å². The minimum absolute atomic E-state index is 0.188. The molecule has 0 bridgehead atoms. The van der Waals surface area contributed by atoms with Crippen LogP contribution >= 0.6 is 11.6 Å². The Balaban J connectivity index is 1.43. The maximum Gasteiger partial charge on any atom is 0.279 e. The van der Waals surface area contributed by atoms with Gasteiger partial charge < -0.3 is 9.47 Å². The zero-order chi connectivity index (χ0) is 22.9. The van der Waals surface area contributed by atoms with E-state index in [-0.39, 0.29) is 22.7 Å². The Hall–Kier alpha value is -3.45. The molecule has 0 spiro atoms. The molecule has 2 aromatic carbocycles. The number of likely N-dealkylation sites (tertiary alicyclic amines) is 1. The highest BCUT2D eigenvalue weighted by Crippen LogP contribution is 2.25. The third-order valence-corrected chi connectivity index (χ3v) is 6.54. The summed E-state index contributed by atoms with van der Waals surface area (Å²) in [5, 5.41) is 5.14. The topological polar surface area (TPSA) is 73.0 Å². The number of halogens is 1. The van der Waals surface area contributed by atoms with Crippen LogP contribution in [0.1, 0.15) is 28.9 Å². The summed E-state index contributed by atoms with van der Waals surface area (Å²) in [6.07, 6.45) is 4.33. The van der Waals surface area contributed by atoms with Gasteiger partial charge in [0.25, 0.3) is 11.5 Å². The van der Waals surface area contributed by atoms with E-state index in [1.165, 1.54) is 21.1 Å². The van der Waals surface area contributed by atoms with E-state index in [9.17, 15) is 9.59 Å². The Kier molecular flexibility index (Phi) is 5.72. The lowest BCUT2D eigenvalue weighted by Gasteiger charge is -2.31. The Morgan fingerprint density at radius 1 is 1.06 bits per heavy atom. The summed E-state index contributed by atoms with van der Waals surface area (Å²) in [4.78, 5) is 32.6. The van der Waals surface area contributed by atoms with Crippen molar-refractivity contribution in [1.29, 1.82) is 0 Å². The third kappa shape index (κ3) is 4.16. The maximum absolute atomic E-state index is 13.5.